The van der Waals surface area contributed by atoms with E-state index in [4.69, 9.17) is 9.47 Å². The van der Waals surface area contributed by atoms with Crippen LogP contribution < -0.4 is 15.5 Å². The van der Waals surface area contributed by atoms with Crippen LogP contribution in [0.25, 0.3) is 0 Å². The van der Waals surface area contributed by atoms with Crippen LogP contribution in [0.1, 0.15) is 50.1 Å². The van der Waals surface area contributed by atoms with Crippen LogP contribution in [0.15, 0.2) is 58.1 Å². The van der Waals surface area contributed by atoms with Gasteiger partial charge in [0, 0.05) is 9.35 Å². The van der Waals surface area contributed by atoms with Crippen LogP contribution >= 0.6 is 27.3 Å². The normalized spacial score (nSPS) is 12.2. The molecule has 0 spiro atoms. The number of thiophene rings is 1. The zero-order chi connectivity index (χ0) is 26.4. The van der Waals surface area contributed by atoms with Gasteiger partial charge in [-0.3, -0.25) is 9.59 Å². The summed E-state index contributed by atoms with van der Waals surface area (Å²) in [5.74, 6) is -2.73. The highest BCUT2D eigenvalue weighted by molar-refractivity contribution is 9.10. The molecule has 4 rings (SSSR count). The second-order valence-corrected chi connectivity index (χ2v) is 9.84. The van der Waals surface area contributed by atoms with Crippen molar-refractivity contribution in [2.24, 2.45) is 5.10 Å². The summed E-state index contributed by atoms with van der Waals surface area (Å²) in [5.41, 5.74) is 4.25. The molecule has 0 unspecified atom stereocenters. The summed E-state index contributed by atoms with van der Waals surface area (Å²) >= 11 is 4.60. The minimum absolute atomic E-state index is 0.205. The van der Waals surface area contributed by atoms with E-state index in [9.17, 15) is 19.2 Å². The number of rotatable bonds is 7. The largest absolute Gasteiger partial charge is 0.462 e. The lowest BCUT2D eigenvalue weighted by atomic mass is 10.1. The molecule has 1 aromatic heterocycles. The van der Waals surface area contributed by atoms with Crippen molar-refractivity contribution in [2.45, 2.75) is 26.2 Å². The van der Waals surface area contributed by atoms with Gasteiger partial charge in [0.05, 0.1) is 23.9 Å². The molecule has 1 heterocycles. The average molecular weight is 584 g/mol. The fraction of sp³-hybridized carbons (Fsp3) is 0.192. The number of esters is 2. The number of ether oxygens (including phenoxy) is 2. The summed E-state index contributed by atoms with van der Waals surface area (Å²) in [7, 11) is 0. The molecule has 3 aromatic rings. The van der Waals surface area contributed by atoms with Crippen LogP contribution in [-0.4, -0.2) is 36.6 Å². The number of nitrogens with one attached hydrogen (secondary N) is 2. The minimum Gasteiger partial charge on any atom is -0.462 e. The van der Waals surface area contributed by atoms with Gasteiger partial charge in [-0.1, -0.05) is 24.3 Å². The molecule has 0 bridgehead atoms. The van der Waals surface area contributed by atoms with Gasteiger partial charge in [-0.2, -0.15) is 5.10 Å². The summed E-state index contributed by atoms with van der Waals surface area (Å²) in [5, 5.41) is 6.62. The topological polar surface area (TPSA) is 123 Å². The van der Waals surface area contributed by atoms with Crippen LogP contribution in [0.4, 0.5) is 5.00 Å². The highest BCUT2D eigenvalue weighted by Crippen LogP contribution is 2.39. The maximum atomic E-state index is 12.4. The predicted octanol–water partition coefficient (Wildman–Crippen LogP) is 4.48. The molecule has 9 nitrogen and oxygen atoms in total. The number of halogens is 1. The number of nitrogens with zero attached hydrogens (tertiary/aromatic N) is 1. The number of benzene rings is 2. The molecule has 37 heavy (non-hydrogen) atoms. The number of carbonyl (C=O) groups is 4. The van der Waals surface area contributed by atoms with Gasteiger partial charge in [0.25, 0.3) is 0 Å². The highest BCUT2D eigenvalue weighted by Gasteiger charge is 2.29. The third-order valence-electron chi connectivity index (χ3n) is 5.38. The van der Waals surface area contributed by atoms with Crippen molar-refractivity contribution in [2.75, 3.05) is 11.9 Å². The van der Waals surface area contributed by atoms with Crippen molar-refractivity contribution in [1.29, 1.82) is 0 Å². The van der Waals surface area contributed by atoms with Crippen LogP contribution in [0.5, 0.6) is 5.75 Å². The molecule has 0 saturated carbocycles. The molecule has 2 N–H and O–H groups in total. The van der Waals surface area contributed by atoms with Gasteiger partial charge < -0.3 is 14.8 Å². The Morgan fingerprint density at radius 1 is 1.05 bits per heavy atom. The maximum absolute atomic E-state index is 12.4. The van der Waals surface area contributed by atoms with E-state index in [0.29, 0.717) is 26.2 Å². The van der Waals surface area contributed by atoms with Crippen LogP contribution in [-0.2, 0) is 27.2 Å². The van der Waals surface area contributed by atoms with Crippen molar-refractivity contribution < 1.29 is 28.7 Å². The zero-order valence-electron chi connectivity index (χ0n) is 19.7. The number of amides is 2. The molecular weight excluding hydrogens is 562 g/mol. The van der Waals surface area contributed by atoms with Gasteiger partial charge in [-0.05, 0) is 77.5 Å². The Morgan fingerprint density at radius 3 is 2.65 bits per heavy atom. The average Bonchev–Trinajstić information content (AvgIpc) is 3.45. The van der Waals surface area contributed by atoms with E-state index < -0.39 is 23.8 Å². The van der Waals surface area contributed by atoms with E-state index in [-0.39, 0.29) is 12.4 Å². The van der Waals surface area contributed by atoms with Crippen molar-refractivity contribution in [3.05, 3.63) is 80.1 Å². The van der Waals surface area contributed by atoms with Gasteiger partial charge in [0.1, 0.15) is 10.8 Å². The van der Waals surface area contributed by atoms with Crippen molar-refractivity contribution in [1.82, 2.24) is 5.43 Å². The number of carbonyl (C=O) groups excluding carboxylic acids is 4. The Bertz CT molecular complexity index is 1400. The Kier molecular flexibility index (Phi) is 8.47. The van der Waals surface area contributed by atoms with E-state index in [2.05, 4.69) is 31.8 Å². The monoisotopic (exact) mass is 583 g/mol. The maximum Gasteiger partial charge on any atom is 0.344 e. The standard InChI is InChI=1S/C26H22BrN3O6S/c1-2-35-26(34)21-18-10-6-12-20(18)37-24(21)29-22(31)23(32)30-28-14-15-7-5-8-16(13-15)36-25(33)17-9-3-4-11-19(17)27/h3-5,7-9,11,13-14H,2,6,10,12H2,1H3,(H,29,31)(H,30,32). The van der Waals surface area contributed by atoms with Gasteiger partial charge in [0.2, 0.25) is 0 Å². The second kappa shape index (κ2) is 11.9. The molecule has 190 valence electrons. The van der Waals surface area contributed by atoms with Crippen LogP contribution in [0, 0.1) is 0 Å². The first-order valence-corrected chi connectivity index (χ1v) is 13.0. The third kappa shape index (κ3) is 6.30. The number of aryl methyl sites for hydroxylation is 1. The second-order valence-electron chi connectivity index (χ2n) is 7.88. The number of hydrogen-bond donors (Lipinski definition) is 2. The summed E-state index contributed by atoms with van der Waals surface area (Å²) in [6.07, 6.45) is 3.78. The Labute approximate surface area is 225 Å². The van der Waals surface area contributed by atoms with Gasteiger partial charge in [-0.25, -0.2) is 15.0 Å². The molecule has 1 aliphatic carbocycles. The smallest absolute Gasteiger partial charge is 0.344 e. The van der Waals surface area contributed by atoms with Gasteiger partial charge in [0.15, 0.2) is 0 Å². The summed E-state index contributed by atoms with van der Waals surface area (Å²) in [6, 6.07) is 13.4. The Hall–Kier alpha value is -3.83. The van der Waals surface area contributed by atoms with Gasteiger partial charge >= 0.3 is 23.8 Å². The summed E-state index contributed by atoms with van der Waals surface area (Å²) in [4.78, 5) is 50.6. The quantitative estimate of drug-likeness (QED) is 0.139. The van der Waals surface area contributed by atoms with Crippen LogP contribution in [0.2, 0.25) is 0 Å². The lowest BCUT2D eigenvalue weighted by Crippen LogP contribution is -2.32. The Balaban J connectivity index is 1.37. The number of anilines is 1. The lowest BCUT2D eigenvalue weighted by molar-refractivity contribution is -0.136. The van der Waals surface area contributed by atoms with Crippen LogP contribution in [0.3, 0.4) is 0 Å². The molecule has 11 heteroatoms. The first-order valence-electron chi connectivity index (χ1n) is 11.4. The molecule has 0 aliphatic heterocycles. The SMILES string of the molecule is CCOC(=O)c1c(NC(=O)C(=O)NN=Cc2cccc(OC(=O)c3ccccc3Br)c2)sc2c1CCC2. The van der Waals surface area contributed by atoms with Crippen molar-refractivity contribution in [3.8, 4) is 5.75 Å². The van der Waals surface area contributed by atoms with Gasteiger partial charge in [-0.15, -0.1) is 11.3 Å². The molecule has 2 amide bonds. The number of hydrogen-bond acceptors (Lipinski definition) is 8. The first kappa shape index (κ1) is 26.2. The fourth-order valence-corrected chi connectivity index (χ4v) is 5.45. The van der Waals surface area contributed by atoms with Crippen molar-refractivity contribution >= 4 is 62.2 Å². The predicted molar refractivity (Wildman–Crippen MR) is 142 cm³/mol. The molecule has 1 aliphatic rings. The number of fused-ring (bicyclic) bond motifs is 1. The minimum atomic E-state index is -1.00. The first-order chi connectivity index (χ1) is 17.9. The van der Waals surface area contributed by atoms with Crippen molar-refractivity contribution in [3.63, 3.8) is 0 Å². The zero-order valence-corrected chi connectivity index (χ0v) is 22.1. The van der Waals surface area contributed by atoms with E-state index in [1.165, 1.54) is 17.6 Å². The van der Waals surface area contributed by atoms with E-state index in [1.54, 1.807) is 55.5 Å². The lowest BCUT2D eigenvalue weighted by Gasteiger charge is -2.07. The molecule has 0 fully saturated rings. The molecule has 0 radical (unpaired) electrons. The Morgan fingerprint density at radius 2 is 1.86 bits per heavy atom. The van der Waals surface area contributed by atoms with E-state index >= 15 is 0 Å². The molecule has 0 atom stereocenters. The molecular formula is C26H22BrN3O6S. The number of hydrazone groups is 1. The summed E-state index contributed by atoms with van der Waals surface area (Å²) < 4.78 is 11.2. The van der Waals surface area contributed by atoms with E-state index in [0.717, 1.165) is 29.7 Å². The van der Waals surface area contributed by atoms with E-state index in [1.807, 2.05) is 0 Å². The fourth-order valence-electron chi connectivity index (χ4n) is 3.73. The third-order valence-corrected chi connectivity index (χ3v) is 7.28. The highest BCUT2D eigenvalue weighted by atomic mass is 79.9. The summed E-state index contributed by atoms with van der Waals surface area (Å²) in [6.45, 7) is 1.91. The molecule has 2 aromatic carbocycles. The molecule has 0 saturated heterocycles.